The van der Waals surface area contributed by atoms with Gasteiger partial charge in [-0.05, 0) is 36.0 Å². The Hall–Kier alpha value is -1.04. The standard InChI is InChI=1S/C15H20/c1-2-3-4-5-8-13-9-6-10-14-11-7-12-15(13)14/h6-7,9-11H,2-5,8,12H2,1H3. The molecule has 1 aromatic carbocycles. The molecule has 0 nitrogen and oxygen atoms in total. The summed E-state index contributed by atoms with van der Waals surface area (Å²) < 4.78 is 0. The van der Waals surface area contributed by atoms with E-state index in [2.05, 4.69) is 37.3 Å². The fraction of sp³-hybridized carbons (Fsp3) is 0.467. The van der Waals surface area contributed by atoms with E-state index in [0.717, 1.165) is 6.42 Å². The maximum atomic E-state index is 2.30. The minimum atomic E-state index is 1.15. The summed E-state index contributed by atoms with van der Waals surface area (Å²) in [6.07, 6.45) is 12.4. The lowest BCUT2D eigenvalue weighted by Crippen LogP contribution is -1.93. The molecule has 80 valence electrons. The number of aryl methyl sites for hydroxylation is 1. The van der Waals surface area contributed by atoms with Crippen LogP contribution in [-0.4, -0.2) is 0 Å². The van der Waals surface area contributed by atoms with E-state index >= 15 is 0 Å². The van der Waals surface area contributed by atoms with Gasteiger partial charge in [0.1, 0.15) is 0 Å². The summed E-state index contributed by atoms with van der Waals surface area (Å²) in [7, 11) is 0. The lowest BCUT2D eigenvalue weighted by atomic mass is 9.98. The quantitative estimate of drug-likeness (QED) is 0.619. The van der Waals surface area contributed by atoms with Crippen molar-refractivity contribution in [3.8, 4) is 0 Å². The summed E-state index contributed by atoms with van der Waals surface area (Å²) in [4.78, 5) is 0. The van der Waals surface area contributed by atoms with E-state index in [0.29, 0.717) is 0 Å². The summed E-state index contributed by atoms with van der Waals surface area (Å²) in [6.45, 7) is 2.27. The highest BCUT2D eigenvalue weighted by atomic mass is 14.1. The predicted octanol–water partition coefficient (Wildman–Crippen LogP) is 4.38. The van der Waals surface area contributed by atoms with Gasteiger partial charge in [-0.1, -0.05) is 56.5 Å². The first-order valence-electron chi connectivity index (χ1n) is 6.19. The Kier molecular flexibility index (Phi) is 3.60. The number of unbranched alkanes of at least 4 members (excludes halogenated alkanes) is 3. The monoisotopic (exact) mass is 200 g/mol. The van der Waals surface area contributed by atoms with E-state index in [4.69, 9.17) is 0 Å². The minimum absolute atomic E-state index is 1.15. The molecular formula is C15H20. The first-order valence-corrected chi connectivity index (χ1v) is 6.19. The van der Waals surface area contributed by atoms with Gasteiger partial charge in [-0.3, -0.25) is 0 Å². The molecule has 1 aliphatic carbocycles. The molecule has 0 N–H and O–H groups in total. The highest BCUT2D eigenvalue weighted by Gasteiger charge is 2.08. The molecule has 0 heterocycles. The van der Waals surface area contributed by atoms with Crippen molar-refractivity contribution < 1.29 is 0 Å². The minimum Gasteiger partial charge on any atom is -0.0795 e. The average molecular weight is 200 g/mol. The summed E-state index contributed by atoms with van der Waals surface area (Å²) in [5.41, 5.74) is 4.60. The molecule has 0 saturated carbocycles. The second-order valence-electron chi connectivity index (χ2n) is 4.40. The molecule has 0 amide bonds. The second kappa shape index (κ2) is 5.16. The SMILES string of the molecule is CCCCCCc1cccc2c1CC=C2. The third kappa shape index (κ3) is 2.50. The largest absolute Gasteiger partial charge is 0.0795 e. The van der Waals surface area contributed by atoms with Crippen LogP contribution in [0.25, 0.3) is 6.08 Å². The zero-order chi connectivity index (χ0) is 10.5. The molecular weight excluding hydrogens is 180 g/mol. The summed E-state index contributed by atoms with van der Waals surface area (Å²) in [5, 5.41) is 0. The van der Waals surface area contributed by atoms with Crippen LogP contribution >= 0.6 is 0 Å². The summed E-state index contributed by atoms with van der Waals surface area (Å²) in [5.74, 6) is 0. The van der Waals surface area contributed by atoms with Gasteiger partial charge in [0.2, 0.25) is 0 Å². The number of rotatable bonds is 5. The molecule has 1 aromatic rings. The van der Waals surface area contributed by atoms with Crippen molar-refractivity contribution in [3.63, 3.8) is 0 Å². The number of hydrogen-bond acceptors (Lipinski definition) is 0. The van der Waals surface area contributed by atoms with Crippen molar-refractivity contribution in [2.75, 3.05) is 0 Å². The van der Waals surface area contributed by atoms with Gasteiger partial charge in [-0.15, -0.1) is 0 Å². The van der Waals surface area contributed by atoms with E-state index < -0.39 is 0 Å². The third-order valence-electron chi connectivity index (χ3n) is 3.23. The van der Waals surface area contributed by atoms with Crippen molar-refractivity contribution in [2.45, 2.75) is 45.4 Å². The molecule has 0 heteroatoms. The summed E-state index contributed by atoms with van der Waals surface area (Å²) >= 11 is 0. The van der Waals surface area contributed by atoms with E-state index in [-0.39, 0.29) is 0 Å². The smallest absolute Gasteiger partial charge is 0.00854 e. The molecule has 0 spiro atoms. The third-order valence-corrected chi connectivity index (χ3v) is 3.23. The van der Waals surface area contributed by atoms with Crippen LogP contribution in [0.1, 0.15) is 49.3 Å². The van der Waals surface area contributed by atoms with Gasteiger partial charge in [0.25, 0.3) is 0 Å². The molecule has 2 rings (SSSR count). The van der Waals surface area contributed by atoms with Gasteiger partial charge in [0.15, 0.2) is 0 Å². The molecule has 0 bridgehead atoms. The summed E-state index contributed by atoms with van der Waals surface area (Å²) in [6, 6.07) is 6.73. The highest BCUT2D eigenvalue weighted by Crippen LogP contribution is 2.24. The number of fused-ring (bicyclic) bond motifs is 1. The van der Waals surface area contributed by atoms with E-state index in [1.165, 1.54) is 37.7 Å². The molecule has 0 unspecified atom stereocenters. The zero-order valence-electron chi connectivity index (χ0n) is 9.63. The van der Waals surface area contributed by atoms with E-state index in [9.17, 15) is 0 Å². The van der Waals surface area contributed by atoms with Gasteiger partial charge in [-0.25, -0.2) is 0 Å². The van der Waals surface area contributed by atoms with Crippen molar-refractivity contribution in [3.05, 3.63) is 41.0 Å². The second-order valence-corrected chi connectivity index (χ2v) is 4.40. The van der Waals surface area contributed by atoms with E-state index in [1.807, 2.05) is 0 Å². The Morgan fingerprint density at radius 2 is 2.07 bits per heavy atom. The van der Waals surface area contributed by atoms with Crippen molar-refractivity contribution in [1.29, 1.82) is 0 Å². The van der Waals surface area contributed by atoms with Crippen LogP contribution in [0.15, 0.2) is 24.3 Å². The molecule has 0 radical (unpaired) electrons. The molecule has 0 fully saturated rings. The number of allylic oxidation sites excluding steroid dienone is 1. The Labute approximate surface area is 93.0 Å². The van der Waals surface area contributed by atoms with Crippen LogP contribution in [0.2, 0.25) is 0 Å². The molecule has 0 saturated heterocycles. The molecule has 15 heavy (non-hydrogen) atoms. The average Bonchev–Trinajstić information content (AvgIpc) is 2.73. The topological polar surface area (TPSA) is 0 Å². The number of hydrogen-bond donors (Lipinski definition) is 0. The van der Waals surface area contributed by atoms with Gasteiger partial charge < -0.3 is 0 Å². The van der Waals surface area contributed by atoms with Crippen LogP contribution < -0.4 is 0 Å². The normalized spacial score (nSPS) is 13.1. The lowest BCUT2D eigenvalue weighted by Gasteiger charge is -2.07. The van der Waals surface area contributed by atoms with Gasteiger partial charge in [-0.2, -0.15) is 0 Å². The van der Waals surface area contributed by atoms with Gasteiger partial charge in [0.05, 0.1) is 0 Å². The molecule has 1 aliphatic rings. The Morgan fingerprint density at radius 1 is 1.13 bits per heavy atom. The first kappa shape index (κ1) is 10.5. The van der Waals surface area contributed by atoms with Crippen molar-refractivity contribution >= 4 is 6.08 Å². The lowest BCUT2D eigenvalue weighted by molar-refractivity contribution is 0.665. The zero-order valence-corrected chi connectivity index (χ0v) is 9.63. The first-order chi connectivity index (χ1) is 7.42. The predicted molar refractivity (Wildman–Crippen MR) is 67.0 cm³/mol. The maximum absolute atomic E-state index is 2.30. The maximum Gasteiger partial charge on any atom is -0.00854 e. The molecule has 0 aliphatic heterocycles. The fourth-order valence-electron chi connectivity index (χ4n) is 2.34. The van der Waals surface area contributed by atoms with Gasteiger partial charge in [0, 0.05) is 0 Å². The van der Waals surface area contributed by atoms with Crippen molar-refractivity contribution in [2.24, 2.45) is 0 Å². The molecule has 0 aromatic heterocycles. The Bertz CT molecular complexity index is 347. The van der Waals surface area contributed by atoms with Crippen LogP contribution in [0.4, 0.5) is 0 Å². The van der Waals surface area contributed by atoms with Crippen LogP contribution in [-0.2, 0) is 12.8 Å². The van der Waals surface area contributed by atoms with Crippen molar-refractivity contribution in [1.82, 2.24) is 0 Å². The van der Waals surface area contributed by atoms with Gasteiger partial charge >= 0.3 is 0 Å². The fourth-order valence-corrected chi connectivity index (χ4v) is 2.34. The van der Waals surface area contributed by atoms with Crippen LogP contribution in [0.5, 0.6) is 0 Å². The number of benzene rings is 1. The highest BCUT2D eigenvalue weighted by molar-refractivity contribution is 5.61. The Balaban J connectivity index is 1.95. The Morgan fingerprint density at radius 3 is 2.93 bits per heavy atom. The van der Waals surface area contributed by atoms with Crippen LogP contribution in [0.3, 0.4) is 0 Å². The van der Waals surface area contributed by atoms with Crippen LogP contribution in [0, 0.1) is 0 Å². The van der Waals surface area contributed by atoms with E-state index in [1.54, 1.807) is 11.1 Å². The molecule has 0 atom stereocenters.